The van der Waals surface area contributed by atoms with E-state index in [4.69, 9.17) is 11.6 Å². The molecule has 0 aromatic heterocycles. The Morgan fingerprint density at radius 2 is 1.74 bits per heavy atom. The number of hydrogen-bond donors (Lipinski definition) is 1. The van der Waals surface area contributed by atoms with Gasteiger partial charge in [-0.3, -0.25) is 9.59 Å². The van der Waals surface area contributed by atoms with E-state index in [1.54, 1.807) is 11.8 Å². The number of rotatable bonds is 9. The van der Waals surface area contributed by atoms with Gasteiger partial charge in [0, 0.05) is 24.5 Å². The van der Waals surface area contributed by atoms with Crippen molar-refractivity contribution in [2.75, 3.05) is 6.54 Å². The van der Waals surface area contributed by atoms with Crippen LogP contribution in [0.4, 0.5) is 0 Å². The van der Waals surface area contributed by atoms with Crippen LogP contribution >= 0.6 is 11.6 Å². The van der Waals surface area contributed by atoms with Gasteiger partial charge in [-0.15, -0.1) is 0 Å². The van der Waals surface area contributed by atoms with Crippen molar-refractivity contribution in [1.29, 1.82) is 0 Å². The van der Waals surface area contributed by atoms with E-state index >= 15 is 0 Å². The van der Waals surface area contributed by atoms with Gasteiger partial charge in [-0.25, -0.2) is 0 Å². The summed E-state index contributed by atoms with van der Waals surface area (Å²) in [6.07, 6.45) is 1.71. The van der Waals surface area contributed by atoms with Gasteiger partial charge in [-0.2, -0.15) is 0 Å². The highest BCUT2D eigenvalue weighted by molar-refractivity contribution is 6.31. The van der Waals surface area contributed by atoms with Crippen LogP contribution in [-0.4, -0.2) is 29.3 Å². The number of halogens is 1. The van der Waals surface area contributed by atoms with Gasteiger partial charge < -0.3 is 10.2 Å². The highest BCUT2D eigenvalue weighted by Gasteiger charge is 2.25. The van der Waals surface area contributed by atoms with Crippen molar-refractivity contribution in [3.8, 4) is 0 Å². The molecule has 0 aliphatic carbocycles. The zero-order chi connectivity index (χ0) is 19.6. The number of hydrogen-bond acceptors (Lipinski definition) is 2. The summed E-state index contributed by atoms with van der Waals surface area (Å²) in [5.41, 5.74) is 1.94. The monoisotopic (exact) mass is 386 g/mol. The van der Waals surface area contributed by atoms with Crippen molar-refractivity contribution >= 4 is 23.4 Å². The van der Waals surface area contributed by atoms with Crippen LogP contribution in [0.2, 0.25) is 5.02 Å². The lowest BCUT2D eigenvalue weighted by atomic mass is 10.1. The minimum Gasteiger partial charge on any atom is -0.354 e. The predicted octanol–water partition coefficient (Wildman–Crippen LogP) is 4.22. The second-order valence-electron chi connectivity index (χ2n) is 6.57. The van der Waals surface area contributed by atoms with Gasteiger partial charge in [-0.05, 0) is 37.0 Å². The molecule has 1 atom stereocenters. The maximum Gasteiger partial charge on any atom is 0.242 e. The van der Waals surface area contributed by atoms with E-state index in [2.05, 4.69) is 5.32 Å². The molecule has 27 heavy (non-hydrogen) atoms. The minimum atomic E-state index is -0.532. The molecule has 0 saturated carbocycles. The van der Waals surface area contributed by atoms with Crippen LogP contribution < -0.4 is 5.32 Å². The first-order valence-corrected chi connectivity index (χ1v) is 9.75. The molecule has 0 aliphatic rings. The fourth-order valence-electron chi connectivity index (χ4n) is 2.85. The Labute approximate surface area is 166 Å². The number of amides is 2. The van der Waals surface area contributed by atoms with Gasteiger partial charge in [0.2, 0.25) is 11.8 Å². The van der Waals surface area contributed by atoms with Gasteiger partial charge in [0.1, 0.15) is 6.04 Å². The van der Waals surface area contributed by atoms with Crippen molar-refractivity contribution in [2.24, 2.45) is 0 Å². The summed E-state index contributed by atoms with van der Waals surface area (Å²) in [5, 5.41) is 3.54. The molecule has 144 valence electrons. The number of nitrogens with zero attached hydrogens (tertiary/aromatic N) is 1. The summed E-state index contributed by atoms with van der Waals surface area (Å²) in [7, 11) is 0. The Hall–Kier alpha value is -2.33. The Balaban J connectivity index is 2.11. The average molecular weight is 387 g/mol. The van der Waals surface area contributed by atoms with Gasteiger partial charge in [-0.1, -0.05) is 67.1 Å². The molecule has 0 heterocycles. The third-order valence-electron chi connectivity index (χ3n) is 4.48. The van der Waals surface area contributed by atoms with Crippen molar-refractivity contribution in [1.82, 2.24) is 10.2 Å². The highest BCUT2D eigenvalue weighted by Crippen LogP contribution is 2.18. The number of carbonyl (C=O) groups excluding carboxylic acids is 2. The normalized spacial score (nSPS) is 11.7. The van der Waals surface area contributed by atoms with E-state index in [-0.39, 0.29) is 11.8 Å². The smallest absolute Gasteiger partial charge is 0.242 e. The summed E-state index contributed by atoms with van der Waals surface area (Å²) in [6.45, 7) is 4.79. The molecular weight excluding hydrogens is 360 g/mol. The fraction of sp³-hybridized carbons (Fsp3) is 0.364. The molecule has 1 N–H and O–H groups in total. The van der Waals surface area contributed by atoms with Crippen molar-refractivity contribution in [3.05, 3.63) is 70.7 Å². The Kier molecular flexibility index (Phi) is 8.34. The number of carbonyl (C=O) groups is 2. The number of benzene rings is 2. The van der Waals surface area contributed by atoms with E-state index in [9.17, 15) is 9.59 Å². The van der Waals surface area contributed by atoms with Crippen LogP contribution in [-0.2, 0) is 22.6 Å². The summed E-state index contributed by atoms with van der Waals surface area (Å²) in [5.74, 6) is -0.184. The zero-order valence-corrected chi connectivity index (χ0v) is 16.7. The maximum atomic E-state index is 13.0. The first-order chi connectivity index (χ1) is 13.0. The third kappa shape index (κ3) is 6.40. The van der Waals surface area contributed by atoms with Crippen LogP contribution in [0.25, 0.3) is 0 Å². The third-order valence-corrected chi connectivity index (χ3v) is 4.85. The Morgan fingerprint density at radius 1 is 1.07 bits per heavy atom. The molecule has 4 nitrogen and oxygen atoms in total. The van der Waals surface area contributed by atoms with Crippen molar-refractivity contribution in [3.63, 3.8) is 0 Å². The summed E-state index contributed by atoms with van der Waals surface area (Å²) in [6, 6.07) is 16.7. The first kappa shape index (κ1) is 21.0. The van der Waals surface area contributed by atoms with Gasteiger partial charge in [0.15, 0.2) is 0 Å². The van der Waals surface area contributed by atoms with Gasteiger partial charge >= 0.3 is 0 Å². The molecule has 0 aliphatic heterocycles. The molecule has 0 spiro atoms. The molecule has 2 aromatic carbocycles. The second-order valence-corrected chi connectivity index (χ2v) is 6.97. The average Bonchev–Trinajstić information content (AvgIpc) is 2.69. The number of aryl methyl sites for hydroxylation is 1. The first-order valence-electron chi connectivity index (χ1n) is 9.37. The minimum absolute atomic E-state index is 0.0575. The maximum absolute atomic E-state index is 13.0. The topological polar surface area (TPSA) is 49.4 Å². The molecule has 0 radical (unpaired) electrons. The van der Waals surface area contributed by atoms with E-state index < -0.39 is 6.04 Å². The van der Waals surface area contributed by atoms with E-state index in [1.807, 2.05) is 61.5 Å². The fourth-order valence-corrected chi connectivity index (χ4v) is 3.08. The lowest BCUT2D eigenvalue weighted by Gasteiger charge is -2.29. The van der Waals surface area contributed by atoms with Crippen molar-refractivity contribution in [2.45, 2.75) is 45.7 Å². The molecule has 0 bridgehead atoms. The summed E-state index contributed by atoms with van der Waals surface area (Å²) in [4.78, 5) is 27.0. The van der Waals surface area contributed by atoms with E-state index in [1.165, 1.54) is 0 Å². The van der Waals surface area contributed by atoms with Crippen LogP contribution in [0.3, 0.4) is 0 Å². The molecular formula is C22H27ClN2O2. The number of nitrogens with one attached hydrogen (secondary N) is 1. The molecule has 2 rings (SSSR count). The van der Waals surface area contributed by atoms with E-state index in [0.29, 0.717) is 31.0 Å². The molecule has 0 saturated heterocycles. The quantitative estimate of drug-likeness (QED) is 0.701. The predicted molar refractivity (Wildman–Crippen MR) is 110 cm³/mol. The van der Waals surface area contributed by atoms with Gasteiger partial charge in [0.05, 0.1) is 0 Å². The second kappa shape index (κ2) is 10.7. The lowest BCUT2D eigenvalue weighted by molar-refractivity contribution is -0.140. The Morgan fingerprint density at radius 3 is 2.41 bits per heavy atom. The van der Waals surface area contributed by atoms with Crippen LogP contribution in [0.15, 0.2) is 54.6 Å². The van der Waals surface area contributed by atoms with Crippen LogP contribution in [0.1, 0.15) is 37.8 Å². The summed E-state index contributed by atoms with van der Waals surface area (Å²) >= 11 is 6.20. The largest absolute Gasteiger partial charge is 0.354 e. The lowest BCUT2D eigenvalue weighted by Crippen LogP contribution is -2.47. The van der Waals surface area contributed by atoms with E-state index in [0.717, 1.165) is 17.5 Å². The zero-order valence-electron chi connectivity index (χ0n) is 16.0. The highest BCUT2D eigenvalue weighted by atomic mass is 35.5. The summed E-state index contributed by atoms with van der Waals surface area (Å²) < 4.78 is 0. The molecule has 1 unspecified atom stereocenters. The molecule has 2 amide bonds. The molecule has 5 heteroatoms. The SMILES string of the molecule is CCCNC(=O)C(C)N(Cc1ccccc1)C(=O)CCc1ccccc1Cl. The molecule has 0 fully saturated rings. The van der Waals surface area contributed by atoms with Crippen molar-refractivity contribution < 1.29 is 9.59 Å². The van der Waals surface area contributed by atoms with Crippen LogP contribution in [0, 0.1) is 0 Å². The molecule has 2 aromatic rings. The van der Waals surface area contributed by atoms with Crippen LogP contribution in [0.5, 0.6) is 0 Å². The van der Waals surface area contributed by atoms with Gasteiger partial charge in [0.25, 0.3) is 0 Å². The standard InChI is InChI=1S/C22H27ClN2O2/c1-3-15-24-22(27)17(2)25(16-18-9-5-4-6-10-18)21(26)14-13-19-11-7-8-12-20(19)23/h4-12,17H,3,13-16H2,1-2H3,(H,24,27). The Bertz CT molecular complexity index is 749.